The molecule has 2 unspecified atom stereocenters. The highest BCUT2D eigenvalue weighted by molar-refractivity contribution is 7.99. The highest BCUT2D eigenvalue weighted by Crippen LogP contribution is 2.29. The van der Waals surface area contributed by atoms with Gasteiger partial charge in [0.1, 0.15) is 0 Å². The van der Waals surface area contributed by atoms with Crippen molar-refractivity contribution in [3.8, 4) is 0 Å². The summed E-state index contributed by atoms with van der Waals surface area (Å²) in [5.41, 5.74) is 2.97. The van der Waals surface area contributed by atoms with Crippen molar-refractivity contribution in [1.82, 2.24) is 5.43 Å². The van der Waals surface area contributed by atoms with Crippen molar-refractivity contribution in [1.29, 1.82) is 0 Å². The van der Waals surface area contributed by atoms with Gasteiger partial charge in [0.25, 0.3) is 0 Å². The van der Waals surface area contributed by atoms with E-state index in [0.29, 0.717) is 12.0 Å². The molecule has 1 fully saturated rings. The Morgan fingerprint density at radius 1 is 1.33 bits per heavy atom. The van der Waals surface area contributed by atoms with Gasteiger partial charge in [-0.2, -0.15) is 11.8 Å². The second kappa shape index (κ2) is 7.53. The lowest BCUT2D eigenvalue weighted by atomic mass is 10.0. The third-order valence-electron chi connectivity index (χ3n) is 3.61. The summed E-state index contributed by atoms with van der Waals surface area (Å²) in [4.78, 5) is 0. The van der Waals surface area contributed by atoms with Crippen molar-refractivity contribution >= 4 is 11.8 Å². The summed E-state index contributed by atoms with van der Waals surface area (Å²) in [7, 11) is 0. The van der Waals surface area contributed by atoms with Crippen molar-refractivity contribution in [2.75, 3.05) is 5.75 Å². The lowest BCUT2D eigenvalue weighted by Gasteiger charge is -2.26. The smallest absolute Gasteiger partial charge is 0.0326 e. The molecule has 0 heterocycles. The van der Waals surface area contributed by atoms with E-state index in [1.807, 2.05) is 0 Å². The molecule has 0 saturated heterocycles. The Morgan fingerprint density at radius 2 is 2.00 bits per heavy atom. The molecule has 2 atom stereocenters. The Morgan fingerprint density at radius 3 is 2.53 bits per heavy atom. The van der Waals surface area contributed by atoms with Crippen molar-refractivity contribution in [3.63, 3.8) is 0 Å². The third kappa shape index (κ3) is 4.75. The standard InChI is InChI=1S/C12H26N2S/c1-3-10(2)12(14-13)9-15-11-7-5-4-6-8-11/h10-12,14H,3-9,13H2,1-2H3. The summed E-state index contributed by atoms with van der Waals surface area (Å²) in [6, 6.07) is 0.488. The zero-order valence-electron chi connectivity index (χ0n) is 10.2. The fourth-order valence-electron chi connectivity index (χ4n) is 2.13. The van der Waals surface area contributed by atoms with Gasteiger partial charge < -0.3 is 0 Å². The fraction of sp³-hybridized carbons (Fsp3) is 1.00. The van der Waals surface area contributed by atoms with Crippen molar-refractivity contribution < 1.29 is 0 Å². The molecule has 0 aromatic carbocycles. The molecule has 1 aliphatic rings. The molecule has 0 spiro atoms. The average molecular weight is 230 g/mol. The molecule has 0 amide bonds. The molecule has 3 N–H and O–H groups in total. The molecule has 0 radical (unpaired) electrons. The Balaban J connectivity index is 2.20. The van der Waals surface area contributed by atoms with Gasteiger partial charge in [0, 0.05) is 17.0 Å². The van der Waals surface area contributed by atoms with E-state index in [-0.39, 0.29) is 0 Å². The summed E-state index contributed by atoms with van der Waals surface area (Å²) in [5.74, 6) is 7.46. The zero-order chi connectivity index (χ0) is 11.1. The van der Waals surface area contributed by atoms with Gasteiger partial charge in [-0.25, -0.2) is 0 Å². The van der Waals surface area contributed by atoms with E-state index in [0.717, 1.165) is 5.25 Å². The summed E-state index contributed by atoms with van der Waals surface area (Å²) >= 11 is 2.13. The molecule has 0 bridgehead atoms. The number of hydrogen-bond acceptors (Lipinski definition) is 3. The number of nitrogens with two attached hydrogens (primary N) is 1. The van der Waals surface area contributed by atoms with Crippen molar-refractivity contribution in [2.45, 2.75) is 63.7 Å². The van der Waals surface area contributed by atoms with Crippen molar-refractivity contribution in [3.05, 3.63) is 0 Å². The van der Waals surface area contributed by atoms with Crippen LogP contribution in [0.3, 0.4) is 0 Å². The van der Waals surface area contributed by atoms with Gasteiger partial charge in [-0.1, -0.05) is 39.5 Å². The number of hydrazine groups is 1. The first-order chi connectivity index (χ1) is 7.27. The second-order valence-corrected chi connectivity index (χ2v) is 6.09. The van der Waals surface area contributed by atoms with Crippen LogP contribution in [-0.2, 0) is 0 Å². The van der Waals surface area contributed by atoms with Crippen LogP contribution >= 0.6 is 11.8 Å². The SMILES string of the molecule is CCC(C)C(CSC1CCCCC1)NN. The first kappa shape index (κ1) is 13.3. The molecule has 0 aromatic heterocycles. The maximum Gasteiger partial charge on any atom is 0.0326 e. The minimum atomic E-state index is 0.488. The van der Waals surface area contributed by atoms with Gasteiger partial charge in [0.05, 0.1) is 0 Å². The highest BCUT2D eigenvalue weighted by Gasteiger charge is 2.18. The van der Waals surface area contributed by atoms with Crippen LogP contribution in [-0.4, -0.2) is 17.0 Å². The van der Waals surface area contributed by atoms with Gasteiger partial charge in [0.2, 0.25) is 0 Å². The van der Waals surface area contributed by atoms with E-state index in [4.69, 9.17) is 5.84 Å². The van der Waals surface area contributed by atoms with E-state index in [1.165, 1.54) is 44.3 Å². The van der Waals surface area contributed by atoms with Crippen molar-refractivity contribution in [2.24, 2.45) is 11.8 Å². The number of hydrogen-bond donors (Lipinski definition) is 2. The minimum absolute atomic E-state index is 0.488. The van der Waals surface area contributed by atoms with Gasteiger partial charge in [-0.3, -0.25) is 11.3 Å². The second-order valence-electron chi connectivity index (χ2n) is 4.75. The predicted molar refractivity (Wildman–Crippen MR) is 69.9 cm³/mol. The molecular formula is C12H26N2S. The van der Waals surface area contributed by atoms with Crippen LogP contribution in [0.5, 0.6) is 0 Å². The van der Waals surface area contributed by atoms with Gasteiger partial charge >= 0.3 is 0 Å². The Hall–Kier alpha value is 0.270. The topological polar surface area (TPSA) is 38.0 Å². The van der Waals surface area contributed by atoms with Gasteiger partial charge in [0.15, 0.2) is 0 Å². The lowest BCUT2D eigenvalue weighted by Crippen LogP contribution is -2.42. The van der Waals surface area contributed by atoms with E-state index >= 15 is 0 Å². The van der Waals surface area contributed by atoms with Gasteiger partial charge in [-0.05, 0) is 18.8 Å². The zero-order valence-corrected chi connectivity index (χ0v) is 11.0. The molecule has 1 rings (SSSR count). The highest BCUT2D eigenvalue weighted by atomic mass is 32.2. The monoisotopic (exact) mass is 230 g/mol. The molecular weight excluding hydrogens is 204 g/mol. The fourth-order valence-corrected chi connectivity index (χ4v) is 3.70. The predicted octanol–water partition coefficient (Wildman–Crippen LogP) is 2.93. The van der Waals surface area contributed by atoms with E-state index < -0.39 is 0 Å². The maximum atomic E-state index is 5.60. The normalized spacial score (nSPS) is 22.6. The molecule has 1 saturated carbocycles. The summed E-state index contributed by atoms with van der Waals surface area (Å²) < 4.78 is 0. The van der Waals surface area contributed by atoms with E-state index in [2.05, 4.69) is 31.0 Å². The average Bonchev–Trinajstić information content (AvgIpc) is 2.31. The largest absolute Gasteiger partial charge is 0.271 e. The summed E-state index contributed by atoms with van der Waals surface area (Å²) in [5, 5.41) is 0.902. The van der Waals surface area contributed by atoms with Crippen LogP contribution < -0.4 is 11.3 Å². The van der Waals surface area contributed by atoms with Crippen LogP contribution in [0.2, 0.25) is 0 Å². The quantitative estimate of drug-likeness (QED) is 0.544. The maximum absolute atomic E-state index is 5.60. The molecule has 15 heavy (non-hydrogen) atoms. The summed E-state index contributed by atoms with van der Waals surface area (Å²) in [6.07, 6.45) is 8.36. The van der Waals surface area contributed by atoms with E-state index in [1.54, 1.807) is 0 Å². The molecule has 0 aliphatic heterocycles. The number of nitrogens with one attached hydrogen (secondary N) is 1. The van der Waals surface area contributed by atoms with Crippen LogP contribution in [0, 0.1) is 5.92 Å². The summed E-state index contributed by atoms with van der Waals surface area (Å²) in [6.45, 7) is 4.52. The Labute approximate surface area is 98.7 Å². The van der Waals surface area contributed by atoms with Crippen LogP contribution in [0.15, 0.2) is 0 Å². The number of thioether (sulfide) groups is 1. The first-order valence-electron chi connectivity index (χ1n) is 6.35. The lowest BCUT2D eigenvalue weighted by molar-refractivity contribution is 0.402. The van der Waals surface area contributed by atoms with E-state index in [9.17, 15) is 0 Å². The van der Waals surface area contributed by atoms with Crippen LogP contribution in [0.4, 0.5) is 0 Å². The third-order valence-corrected chi connectivity index (χ3v) is 5.10. The molecule has 90 valence electrons. The molecule has 0 aromatic rings. The first-order valence-corrected chi connectivity index (χ1v) is 7.40. The molecule has 3 heteroatoms. The van der Waals surface area contributed by atoms with Gasteiger partial charge in [-0.15, -0.1) is 0 Å². The number of rotatable bonds is 6. The molecule has 1 aliphatic carbocycles. The molecule has 2 nitrogen and oxygen atoms in total. The Kier molecular flexibility index (Phi) is 6.69. The Bertz CT molecular complexity index is 158. The minimum Gasteiger partial charge on any atom is -0.271 e. The van der Waals surface area contributed by atoms with Crippen LogP contribution in [0.25, 0.3) is 0 Å². The van der Waals surface area contributed by atoms with Crippen LogP contribution in [0.1, 0.15) is 52.4 Å².